The highest BCUT2D eigenvalue weighted by molar-refractivity contribution is 6.31. The maximum absolute atomic E-state index is 6.18. The van der Waals surface area contributed by atoms with Crippen molar-refractivity contribution in [2.45, 2.75) is 20.1 Å². The van der Waals surface area contributed by atoms with E-state index in [0.717, 1.165) is 33.1 Å². The van der Waals surface area contributed by atoms with Crippen molar-refractivity contribution in [3.63, 3.8) is 0 Å². The van der Waals surface area contributed by atoms with Crippen molar-refractivity contribution >= 4 is 17.3 Å². The van der Waals surface area contributed by atoms with Crippen LogP contribution < -0.4 is 10.1 Å². The Morgan fingerprint density at radius 3 is 2.46 bits per heavy atom. The monoisotopic (exact) mass is 337 g/mol. The highest BCUT2D eigenvalue weighted by Crippen LogP contribution is 2.25. The number of para-hydroxylation sites is 1. The molecule has 24 heavy (non-hydrogen) atoms. The van der Waals surface area contributed by atoms with Gasteiger partial charge in [0.25, 0.3) is 0 Å². The molecule has 0 aliphatic carbocycles. The van der Waals surface area contributed by atoms with Gasteiger partial charge in [0, 0.05) is 22.8 Å². The lowest BCUT2D eigenvalue weighted by Crippen LogP contribution is -2.04. The van der Waals surface area contributed by atoms with Crippen molar-refractivity contribution in [3.8, 4) is 5.75 Å². The Kier molecular flexibility index (Phi) is 5.39. The van der Waals surface area contributed by atoms with Gasteiger partial charge in [-0.2, -0.15) is 0 Å². The van der Waals surface area contributed by atoms with Gasteiger partial charge >= 0.3 is 0 Å². The quantitative estimate of drug-likeness (QED) is 0.610. The summed E-state index contributed by atoms with van der Waals surface area (Å²) in [4.78, 5) is 0. The molecule has 1 N–H and O–H groups in total. The highest BCUT2D eigenvalue weighted by atomic mass is 35.5. The molecule has 0 unspecified atom stereocenters. The summed E-state index contributed by atoms with van der Waals surface area (Å²) in [5.74, 6) is 0.897. The Hall–Kier alpha value is -2.45. The molecule has 0 aromatic heterocycles. The van der Waals surface area contributed by atoms with E-state index in [1.807, 2.05) is 61.5 Å². The summed E-state index contributed by atoms with van der Waals surface area (Å²) < 4.78 is 6.00. The summed E-state index contributed by atoms with van der Waals surface area (Å²) >= 11 is 6.18. The van der Waals surface area contributed by atoms with Crippen LogP contribution in [0.15, 0.2) is 72.8 Å². The van der Waals surface area contributed by atoms with Gasteiger partial charge in [0.1, 0.15) is 12.4 Å². The van der Waals surface area contributed by atoms with Gasteiger partial charge in [-0.15, -0.1) is 0 Å². The van der Waals surface area contributed by atoms with E-state index in [2.05, 4.69) is 23.5 Å². The average molecular weight is 338 g/mol. The molecule has 0 amide bonds. The van der Waals surface area contributed by atoms with E-state index in [0.29, 0.717) is 13.2 Å². The third-order valence-electron chi connectivity index (χ3n) is 3.95. The number of rotatable bonds is 6. The summed E-state index contributed by atoms with van der Waals surface area (Å²) in [6.45, 7) is 3.27. The molecule has 2 nitrogen and oxygen atoms in total. The first kappa shape index (κ1) is 16.4. The molecule has 0 radical (unpaired) electrons. The third-order valence-corrected chi connectivity index (χ3v) is 4.36. The normalized spacial score (nSPS) is 10.4. The topological polar surface area (TPSA) is 21.3 Å². The van der Waals surface area contributed by atoms with Gasteiger partial charge < -0.3 is 10.1 Å². The second-order valence-electron chi connectivity index (χ2n) is 5.65. The van der Waals surface area contributed by atoms with Gasteiger partial charge in [0.15, 0.2) is 0 Å². The van der Waals surface area contributed by atoms with Crippen LogP contribution in [0.4, 0.5) is 5.69 Å². The first-order chi connectivity index (χ1) is 11.7. The molecule has 0 spiro atoms. The number of halogens is 1. The Labute approximate surface area is 148 Å². The number of ether oxygens (including phenoxy) is 1. The minimum absolute atomic E-state index is 0.564. The summed E-state index contributed by atoms with van der Waals surface area (Å²) in [7, 11) is 0. The molecular weight excluding hydrogens is 318 g/mol. The van der Waals surface area contributed by atoms with Crippen LogP contribution in [0.5, 0.6) is 5.75 Å². The Balaban J connectivity index is 1.69. The molecule has 3 heteroatoms. The second-order valence-corrected chi connectivity index (χ2v) is 6.06. The molecule has 3 rings (SSSR count). The highest BCUT2D eigenvalue weighted by Gasteiger charge is 2.06. The predicted octanol–water partition coefficient (Wildman–Crippen LogP) is 5.84. The van der Waals surface area contributed by atoms with E-state index in [1.165, 1.54) is 0 Å². The first-order valence-corrected chi connectivity index (χ1v) is 8.35. The maximum atomic E-state index is 6.18. The number of hydrogen-bond donors (Lipinski definition) is 1. The molecular formula is C21H20ClNO. The zero-order valence-electron chi connectivity index (χ0n) is 13.6. The Bertz CT molecular complexity index is 802. The lowest BCUT2D eigenvalue weighted by Gasteiger charge is -2.14. The Morgan fingerprint density at radius 2 is 1.62 bits per heavy atom. The van der Waals surface area contributed by atoms with Gasteiger partial charge in [-0.05, 0) is 36.2 Å². The number of anilines is 1. The fraction of sp³-hybridized carbons (Fsp3) is 0.143. The van der Waals surface area contributed by atoms with Gasteiger partial charge in [-0.1, -0.05) is 66.2 Å². The molecule has 0 saturated heterocycles. The first-order valence-electron chi connectivity index (χ1n) is 7.97. The molecule has 3 aromatic rings. The van der Waals surface area contributed by atoms with Crippen LogP contribution in [0, 0.1) is 6.92 Å². The minimum atomic E-state index is 0.564. The standard InChI is InChI=1S/C21H20ClNO/c1-16-19(22)11-7-12-20(16)23-14-18-10-5-6-13-21(18)24-15-17-8-3-2-4-9-17/h2-13,23H,14-15H2,1H3. The van der Waals surface area contributed by atoms with Crippen LogP contribution in [0.3, 0.4) is 0 Å². The molecule has 0 aliphatic rings. The SMILES string of the molecule is Cc1c(Cl)cccc1NCc1ccccc1OCc1ccccc1. The third kappa shape index (κ3) is 4.09. The zero-order chi connectivity index (χ0) is 16.8. The van der Waals surface area contributed by atoms with Crippen molar-refractivity contribution in [3.05, 3.63) is 94.5 Å². The lowest BCUT2D eigenvalue weighted by atomic mass is 10.1. The summed E-state index contributed by atoms with van der Waals surface area (Å²) in [5.41, 5.74) is 4.38. The summed E-state index contributed by atoms with van der Waals surface area (Å²) in [5, 5.41) is 4.22. The van der Waals surface area contributed by atoms with Crippen molar-refractivity contribution in [1.82, 2.24) is 0 Å². The van der Waals surface area contributed by atoms with Gasteiger partial charge in [0.05, 0.1) is 0 Å². The van der Waals surface area contributed by atoms with E-state index >= 15 is 0 Å². The van der Waals surface area contributed by atoms with E-state index < -0.39 is 0 Å². The van der Waals surface area contributed by atoms with Crippen LogP contribution in [-0.4, -0.2) is 0 Å². The van der Waals surface area contributed by atoms with E-state index in [4.69, 9.17) is 16.3 Å². The van der Waals surface area contributed by atoms with Crippen LogP contribution in [0.25, 0.3) is 0 Å². The zero-order valence-corrected chi connectivity index (χ0v) is 14.4. The van der Waals surface area contributed by atoms with Gasteiger partial charge in [0.2, 0.25) is 0 Å². The molecule has 0 atom stereocenters. The smallest absolute Gasteiger partial charge is 0.124 e. The Morgan fingerprint density at radius 1 is 0.875 bits per heavy atom. The second kappa shape index (κ2) is 7.89. The fourth-order valence-electron chi connectivity index (χ4n) is 2.52. The molecule has 0 aliphatic heterocycles. The average Bonchev–Trinajstić information content (AvgIpc) is 2.63. The van der Waals surface area contributed by atoms with Crippen LogP contribution in [0.1, 0.15) is 16.7 Å². The van der Waals surface area contributed by atoms with Crippen molar-refractivity contribution in [1.29, 1.82) is 0 Å². The molecule has 0 saturated carbocycles. The predicted molar refractivity (Wildman–Crippen MR) is 101 cm³/mol. The summed E-state index contributed by atoms with van der Waals surface area (Å²) in [6, 6.07) is 24.2. The van der Waals surface area contributed by atoms with Crippen LogP contribution >= 0.6 is 11.6 Å². The number of hydrogen-bond acceptors (Lipinski definition) is 2. The number of nitrogens with one attached hydrogen (secondary N) is 1. The maximum Gasteiger partial charge on any atom is 0.124 e. The van der Waals surface area contributed by atoms with E-state index in [-0.39, 0.29) is 0 Å². The van der Waals surface area contributed by atoms with Crippen LogP contribution in [0.2, 0.25) is 5.02 Å². The number of benzene rings is 3. The molecule has 0 bridgehead atoms. The van der Waals surface area contributed by atoms with E-state index in [9.17, 15) is 0 Å². The molecule has 3 aromatic carbocycles. The van der Waals surface area contributed by atoms with Crippen molar-refractivity contribution in [2.75, 3.05) is 5.32 Å². The molecule has 0 fully saturated rings. The lowest BCUT2D eigenvalue weighted by molar-refractivity contribution is 0.303. The van der Waals surface area contributed by atoms with Crippen LogP contribution in [-0.2, 0) is 13.2 Å². The van der Waals surface area contributed by atoms with Crippen molar-refractivity contribution < 1.29 is 4.74 Å². The van der Waals surface area contributed by atoms with Crippen molar-refractivity contribution in [2.24, 2.45) is 0 Å². The summed E-state index contributed by atoms with van der Waals surface area (Å²) in [6.07, 6.45) is 0. The van der Waals surface area contributed by atoms with E-state index in [1.54, 1.807) is 0 Å². The minimum Gasteiger partial charge on any atom is -0.489 e. The molecule has 0 heterocycles. The van der Waals surface area contributed by atoms with Gasteiger partial charge in [-0.25, -0.2) is 0 Å². The van der Waals surface area contributed by atoms with Gasteiger partial charge in [-0.3, -0.25) is 0 Å². The largest absolute Gasteiger partial charge is 0.489 e. The fourth-order valence-corrected chi connectivity index (χ4v) is 2.69. The molecule has 122 valence electrons.